The van der Waals surface area contributed by atoms with Crippen LogP contribution in [-0.2, 0) is 20.7 Å². The molecule has 0 bridgehead atoms. The molecule has 8 nitrogen and oxygen atoms in total. The molecule has 6 N–H and O–H groups in total. The number of rotatable bonds is 10. The van der Waals surface area contributed by atoms with Crippen LogP contribution in [0.4, 0.5) is 5.69 Å². The smallest absolute Gasteiger partial charge is 0.302 e. The van der Waals surface area contributed by atoms with Crippen molar-refractivity contribution in [2.45, 2.75) is 26.3 Å². The van der Waals surface area contributed by atoms with E-state index >= 15 is 0 Å². The predicted octanol–water partition coefficient (Wildman–Crippen LogP) is 2.11. The molecule has 0 aliphatic heterocycles. The zero-order valence-electron chi connectivity index (χ0n) is 16.5. The molecule has 2 rings (SSSR count). The third-order valence-corrected chi connectivity index (χ3v) is 4.23. The normalized spacial score (nSPS) is 11.4. The van der Waals surface area contributed by atoms with Crippen LogP contribution in [0.2, 0.25) is 0 Å². The van der Waals surface area contributed by atoms with Crippen molar-refractivity contribution in [1.82, 2.24) is 0 Å². The Bertz CT molecular complexity index is 881. The molecule has 0 aromatic heterocycles. The molecule has 0 fully saturated rings. The fourth-order valence-corrected chi connectivity index (χ4v) is 2.75. The molecule has 2 aromatic rings. The number of nitrogen functional groups attached to an aromatic ring is 1. The number of aryl methyl sites for hydroxylation is 1. The number of hydrogen-bond acceptors (Lipinski definition) is 6. The van der Waals surface area contributed by atoms with Crippen molar-refractivity contribution in [2.75, 3.05) is 18.5 Å². The van der Waals surface area contributed by atoms with Gasteiger partial charge in [0.1, 0.15) is 18.2 Å². The lowest BCUT2D eigenvalue weighted by Gasteiger charge is -2.22. The number of nitrogens with one attached hydrogen (secondary N) is 2. The van der Waals surface area contributed by atoms with Crippen molar-refractivity contribution < 1.29 is 19.1 Å². The molecule has 154 valence electrons. The molecular weight excluding hydrogens is 372 g/mol. The largest absolute Gasteiger partial charge is 0.484 e. The standard InChI is InChI=1S/C21H26N4O4/c1-3-14-10-16(6-9-19(14)29-12-20(22)27)18(11-28-13(2)26)25-17-7-4-15(5-8-17)21(23)24/h4-10,18,25H,3,11-12H2,1-2H3,(H2,22,27)(H3,23,24). The number of benzene rings is 2. The summed E-state index contributed by atoms with van der Waals surface area (Å²) in [6.07, 6.45) is 0.690. The minimum Gasteiger partial charge on any atom is -0.484 e. The highest BCUT2D eigenvalue weighted by molar-refractivity contribution is 5.95. The number of carbonyl (C=O) groups is 2. The molecule has 1 unspecified atom stereocenters. The number of esters is 1. The van der Waals surface area contributed by atoms with Gasteiger partial charge in [-0.2, -0.15) is 0 Å². The maximum atomic E-state index is 11.3. The van der Waals surface area contributed by atoms with Gasteiger partial charge in [-0.05, 0) is 53.9 Å². The topological polar surface area (TPSA) is 141 Å². The second-order valence-electron chi connectivity index (χ2n) is 6.47. The summed E-state index contributed by atoms with van der Waals surface area (Å²) >= 11 is 0. The van der Waals surface area contributed by atoms with Crippen LogP contribution in [0.5, 0.6) is 5.75 Å². The van der Waals surface area contributed by atoms with Gasteiger partial charge in [-0.25, -0.2) is 0 Å². The molecule has 0 spiro atoms. The van der Waals surface area contributed by atoms with Gasteiger partial charge < -0.3 is 26.3 Å². The van der Waals surface area contributed by atoms with Crippen LogP contribution in [0.15, 0.2) is 42.5 Å². The molecule has 0 aliphatic rings. The lowest BCUT2D eigenvalue weighted by atomic mass is 10.0. The summed E-state index contributed by atoms with van der Waals surface area (Å²) in [7, 11) is 0. The van der Waals surface area contributed by atoms with Gasteiger partial charge in [0.05, 0.1) is 6.04 Å². The molecule has 0 saturated carbocycles. The van der Waals surface area contributed by atoms with E-state index in [9.17, 15) is 9.59 Å². The van der Waals surface area contributed by atoms with Gasteiger partial charge in [0, 0.05) is 18.2 Å². The number of ether oxygens (including phenoxy) is 2. The number of amidine groups is 1. The number of nitrogens with two attached hydrogens (primary N) is 2. The molecule has 2 aromatic carbocycles. The first-order valence-electron chi connectivity index (χ1n) is 9.18. The molecule has 29 heavy (non-hydrogen) atoms. The SMILES string of the molecule is CCc1cc(C(COC(C)=O)Nc2ccc(C(=N)N)cc2)ccc1OCC(N)=O. The van der Waals surface area contributed by atoms with Crippen LogP contribution in [0.1, 0.15) is 36.6 Å². The highest BCUT2D eigenvalue weighted by Crippen LogP contribution is 2.27. The summed E-state index contributed by atoms with van der Waals surface area (Å²) < 4.78 is 10.7. The van der Waals surface area contributed by atoms with Crippen LogP contribution >= 0.6 is 0 Å². The van der Waals surface area contributed by atoms with Gasteiger partial charge in [-0.3, -0.25) is 15.0 Å². The minimum absolute atomic E-state index is 0.00727. The predicted molar refractivity (Wildman–Crippen MR) is 111 cm³/mol. The van der Waals surface area contributed by atoms with E-state index in [-0.39, 0.29) is 31.1 Å². The van der Waals surface area contributed by atoms with E-state index in [1.54, 1.807) is 18.2 Å². The van der Waals surface area contributed by atoms with Crippen LogP contribution in [0.25, 0.3) is 0 Å². The monoisotopic (exact) mass is 398 g/mol. The van der Waals surface area contributed by atoms with Crippen molar-refractivity contribution in [1.29, 1.82) is 5.41 Å². The molecular formula is C21H26N4O4. The fourth-order valence-electron chi connectivity index (χ4n) is 2.75. The summed E-state index contributed by atoms with van der Waals surface area (Å²) in [5, 5.41) is 10.8. The van der Waals surface area contributed by atoms with E-state index in [0.29, 0.717) is 17.7 Å². The summed E-state index contributed by atoms with van der Waals surface area (Å²) in [6, 6.07) is 12.4. The Morgan fingerprint density at radius 1 is 1.14 bits per heavy atom. The van der Waals surface area contributed by atoms with Gasteiger partial charge in [0.25, 0.3) is 5.91 Å². The molecule has 0 aliphatic carbocycles. The lowest BCUT2D eigenvalue weighted by molar-refractivity contribution is -0.141. The van der Waals surface area contributed by atoms with Gasteiger partial charge in [0.2, 0.25) is 0 Å². The third kappa shape index (κ3) is 6.53. The van der Waals surface area contributed by atoms with Gasteiger partial charge >= 0.3 is 5.97 Å². The summed E-state index contributed by atoms with van der Waals surface area (Å²) in [4.78, 5) is 22.3. The number of primary amides is 1. The second-order valence-corrected chi connectivity index (χ2v) is 6.47. The molecule has 0 saturated heterocycles. The van der Waals surface area contributed by atoms with Crippen molar-refractivity contribution in [3.05, 3.63) is 59.2 Å². The first kappa shape index (κ1) is 21.7. The van der Waals surface area contributed by atoms with Crippen LogP contribution in [-0.4, -0.2) is 30.9 Å². The quantitative estimate of drug-likeness (QED) is 0.274. The van der Waals surface area contributed by atoms with Gasteiger partial charge in [-0.15, -0.1) is 0 Å². The first-order valence-corrected chi connectivity index (χ1v) is 9.18. The van der Waals surface area contributed by atoms with Crippen LogP contribution < -0.4 is 21.5 Å². The molecule has 0 heterocycles. The molecule has 1 atom stereocenters. The number of hydrogen-bond donors (Lipinski definition) is 4. The summed E-state index contributed by atoms with van der Waals surface area (Å²) in [6.45, 7) is 3.28. The number of anilines is 1. The Balaban J connectivity index is 2.27. The van der Waals surface area contributed by atoms with Crippen molar-refractivity contribution in [2.24, 2.45) is 11.5 Å². The molecule has 1 amide bonds. The first-order chi connectivity index (χ1) is 13.8. The Morgan fingerprint density at radius 3 is 2.38 bits per heavy atom. The van der Waals surface area contributed by atoms with Gasteiger partial charge in [-0.1, -0.05) is 13.0 Å². The van der Waals surface area contributed by atoms with Crippen molar-refractivity contribution in [3.63, 3.8) is 0 Å². The van der Waals surface area contributed by atoms with Gasteiger partial charge in [0.15, 0.2) is 6.61 Å². The van der Waals surface area contributed by atoms with E-state index in [4.69, 9.17) is 26.4 Å². The maximum absolute atomic E-state index is 11.3. The van der Waals surface area contributed by atoms with E-state index in [0.717, 1.165) is 16.8 Å². The lowest BCUT2D eigenvalue weighted by Crippen LogP contribution is -2.21. The second kappa shape index (κ2) is 10.1. The van der Waals surface area contributed by atoms with E-state index in [1.807, 2.05) is 31.2 Å². The zero-order valence-corrected chi connectivity index (χ0v) is 16.5. The van der Waals surface area contributed by atoms with Crippen molar-refractivity contribution >= 4 is 23.4 Å². The van der Waals surface area contributed by atoms with E-state index in [2.05, 4.69) is 5.32 Å². The average Bonchev–Trinajstić information content (AvgIpc) is 2.69. The molecule has 8 heteroatoms. The number of carbonyl (C=O) groups excluding carboxylic acids is 2. The Kier molecular flexibility index (Phi) is 7.59. The van der Waals surface area contributed by atoms with Crippen molar-refractivity contribution in [3.8, 4) is 5.75 Å². The zero-order chi connectivity index (χ0) is 21.4. The molecule has 0 radical (unpaired) electrons. The Morgan fingerprint density at radius 2 is 1.83 bits per heavy atom. The summed E-state index contributed by atoms with van der Waals surface area (Å²) in [5.74, 6) is -0.334. The average molecular weight is 398 g/mol. The highest BCUT2D eigenvalue weighted by Gasteiger charge is 2.16. The Hall–Kier alpha value is -3.55. The number of amides is 1. The Labute approximate surface area is 169 Å². The highest BCUT2D eigenvalue weighted by atomic mass is 16.5. The van der Waals surface area contributed by atoms with E-state index in [1.165, 1.54) is 6.92 Å². The minimum atomic E-state index is -0.542. The third-order valence-electron chi connectivity index (χ3n) is 4.23. The van der Waals surface area contributed by atoms with Crippen LogP contribution in [0, 0.1) is 5.41 Å². The van der Waals surface area contributed by atoms with Crippen LogP contribution in [0.3, 0.4) is 0 Å². The fraction of sp³-hybridized carbons (Fsp3) is 0.286. The van der Waals surface area contributed by atoms with E-state index < -0.39 is 5.91 Å². The maximum Gasteiger partial charge on any atom is 0.302 e. The summed E-state index contributed by atoms with van der Waals surface area (Å²) in [5.41, 5.74) is 13.9.